The summed E-state index contributed by atoms with van der Waals surface area (Å²) in [6.07, 6.45) is 4.16. The maximum Gasteiger partial charge on any atom is 0.235 e. The number of hydrogen-bond donors (Lipinski definition) is 1. The molecule has 1 amide bonds. The van der Waals surface area contributed by atoms with Crippen molar-refractivity contribution in [2.75, 3.05) is 11.1 Å². The van der Waals surface area contributed by atoms with Gasteiger partial charge in [-0.25, -0.2) is 0 Å². The Morgan fingerprint density at radius 2 is 2.23 bits per heavy atom. The smallest absolute Gasteiger partial charge is 0.235 e. The molecular formula is C25H28ClN5O2S2. The molecule has 1 aliphatic rings. The van der Waals surface area contributed by atoms with E-state index in [0.717, 1.165) is 42.6 Å². The first-order valence-corrected chi connectivity index (χ1v) is 13.9. The monoisotopic (exact) mass is 529 g/mol. The van der Waals surface area contributed by atoms with E-state index in [1.807, 2.05) is 30.5 Å². The van der Waals surface area contributed by atoms with E-state index in [2.05, 4.69) is 28.5 Å². The molecule has 0 radical (unpaired) electrons. The Balaban J connectivity index is 1.38. The number of carbonyl (C=O) groups excluding carboxylic acids is 1. The molecule has 1 aliphatic carbocycles. The Morgan fingerprint density at radius 1 is 1.40 bits per heavy atom. The molecule has 35 heavy (non-hydrogen) atoms. The quantitative estimate of drug-likeness (QED) is 0.341. The lowest BCUT2D eigenvalue weighted by atomic mass is 9.86. The average Bonchev–Trinajstić information content (AvgIpc) is 3.41. The number of amides is 1. The molecule has 0 aliphatic heterocycles. The maximum atomic E-state index is 12.7. The summed E-state index contributed by atoms with van der Waals surface area (Å²) in [6.45, 7) is 7.07. The zero-order chi connectivity index (χ0) is 24.9. The van der Waals surface area contributed by atoms with Gasteiger partial charge in [-0.15, -0.1) is 21.5 Å². The van der Waals surface area contributed by atoms with Crippen LogP contribution in [0, 0.1) is 24.2 Å². The molecule has 1 N–H and O–H groups in total. The second-order valence-corrected chi connectivity index (χ2v) is 11.0. The molecule has 1 aromatic carbocycles. The number of nitrogens with zero attached hydrogens (tertiary/aromatic N) is 4. The third-order valence-corrected chi connectivity index (χ3v) is 8.62. The van der Waals surface area contributed by atoms with E-state index in [4.69, 9.17) is 16.3 Å². The van der Waals surface area contributed by atoms with Crippen molar-refractivity contribution in [2.45, 2.75) is 64.8 Å². The van der Waals surface area contributed by atoms with Gasteiger partial charge in [0.25, 0.3) is 0 Å². The van der Waals surface area contributed by atoms with E-state index >= 15 is 0 Å². The van der Waals surface area contributed by atoms with Crippen molar-refractivity contribution in [3.8, 4) is 11.8 Å². The van der Waals surface area contributed by atoms with E-state index in [1.165, 1.54) is 16.6 Å². The van der Waals surface area contributed by atoms with Crippen LogP contribution in [0.5, 0.6) is 5.75 Å². The van der Waals surface area contributed by atoms with Gasteiger partial charge in [-0.1, -0.05) is 36.7 Å². The number of thioether (sulfide) groups is 1. The van der Waals surface area contributed by atoms with Crippen molar-refractivity contribution in [2.24, 2.45) is 5.92 Å². The molecule has 0 fully saturated rings. The standard InChI is InChI=1S/C25H28ClN5O2S2/c1-4-16-6-8-18-19(12-27)24(35-21(18)11-16)28-23(32)14-34-25-30-29-22(31(25)5-2)13-33-20-9-7-17(26)10-15(20)3/h7,9-10,16H,4-6,8,11,13-14H2,1-3H3,(H,28,32). The van der Waals surface area contributed by atoms with Crippen LogP contribution in [0.2, 0.25) is 5.02 Å². The molecule has 10 heteroatoms. The van der Waals surface area contributed by atoms with Crippen LogP contribution in [0.1, 0.15) is 54.1 Å². The molecular weight excluding hydrogens is 502 g/mol. The summed E-state index contributed by atoms with van der Waals surface area (Å²) in [4.78, 5) is 14.0. The number of rotatable bonds is 9. The van der Waals surface area contributed by atoms with E-state index in [-0.39, 0.29) is 18.3 Å². The first-order chi connectivity index (χ1) is 16.9. The highest BCUT2D eigenvalue weighted by Crippen LogP contribution is 2.40. The number of anilines is 1. The molecule has 3 aromatic rings. The highest BCUT2D eigenvalue weighted by molar-refractivity contribution is 7.99. The van der Waals surface area contributed by atoms with Crippen LogP contribution < -0.4 is 10.1 Å². The average molecular weight is 530 g/mol. The summed E-state index contributed by atoms with van der Waals surface area (Å²) in [7, 11) is 0. The van der Waals surface area contributed by atoms with Crippen LogP contribution in [-0.2, 0) is 30.8 Å². The molecule has 2 heterocycles. The number of nitrogens with one attached hydrogen (secondary N) is 1. The van der Waals surface area contributed by atoms with Crippen molar-refractivity contribution in [3.63, 3.8) is 0 Å². The van der Waals surface area contributed by atoms with Crippen molar-refractivity contribution in [3.05, 3.63) is 50.6 Å². The molecule has 7 nitrogen and oxygen atoms in total. The van der Waals surface area contributed by atoms with Crippen LogP contribution in [0.4, 0.5) is 5.00 Å². The first-order valence-electron chi connectivity index (χ1n) is 11.7. The number of hydrogen-bond acceptors (Lipinski definition) is 7. The molecule has 0 saturated carbocycles. The van der Waals surface area contributed by atoms with Gasteiger partial charge in [0.2, 0.25) is 5.91 Å². The Kier molecular flexibility index (Phi) is 8.37. The van der Waals surface area contributed by atoms with Gasteiger partial charge >= 0.3 is 0 Å². The van der Waals surface area contributed by atoms with E-state index < -0.39 is 0 Å². The minimum atomic E-state index is -0.155. The van der Waals surface area contributed by atoms with Crippen LogP contribution >= 0.6 is 34.7 Å². The number of aromatic nitrogens is 3. The summed E-state index contributed by atoms with van der Waals surface area (Å²) in [5.74, 6) is 2.12. The van der Waals surface area contributed by atoms with Crippen LogP contribution in [0.25, 0.3) is 0 Å². The molecule has 0 spiro atoms. The fourth-order valence-electron chi connectivity index (χ4n) is 4.27. The highest BCUT2D eigenvalue weighted by atomic mass is 35.5. The molecule has 4 rings (SSSR count). The summed E-state index contributed by atoms with van der Waals surface area (Å²) in [5.41, 5.74) is 2.70. The van der Waals surface area contributed by atoms with Crippen molar-refractivity contribution < 1.29 is 9.53 Å². The number of fused-ring (bicyclic) bond motifs is 1. The highest BCUT2D eigenvalue weighted by Gasteiger charge is 2.26. The number of halogens is 1. The van der Waals surface area contributed by atoms with Gasteiger partial charge in [-0.05, 0) is 68.4 Å². The molecule has 2 aromatic heterocycles. The van der Waals surface area contributed by atoms with Gasteiger partial charge in [-0.2, -0.15) is 5.26 Å². The van der Waals surface area contributed by atoms with Gasteiger partial charge in [0, 0.05) is 16.4 Å². The SMILES string of the molecule is CCC1CCc2c(sc(NC(=O)CSc3nnc(COc4ccc(Cl)cc4C)n3CC)c2C#N)C1. The first kappa shape index (κ1) is 25.5. The van der Waals surface area contributed by atoms with Crippen molar-refractivity contribution in [1.82, 2.24) is 14.8 Å². The maximum absolute atomic E-state index is 12.7. The number of benzene rings is 1. The number of carbonyl (C=O) groups is 1. The van der Waals surface area contributed by atoms with Gasteiger partial charge in [0.1, 0.15) is 23.4 Å². The molecule has 0 bridgehead atoms. The van der Waals surface area contributed by atoms with Crippen LogP contribution in [0.15, 0.2) is 23.4 Å². The number of nitriles is 1. The predicted molar refractivity (Wildman–Crippen MR) is 140 cm³/mol. The Labute approximate surface area is 218 Å². The second kappa shape index (κ2) is 11.5. The zero-order valence-corrected chi connectivity index (χ0v) is 22.4. The third kappa shape index (κ3) is 5.83. The fraction of sp³-hybridized carbons (Fsp3) is 0.440. The lowest BCUT2D eigenvalue weighted by molar-refractivity contribution is -0.113. The van der Waals surface area contributed by atoms with Gasteiger partial charge in [0.15, 0.2) is 11.0 Å². The summed E-state index contributed by atoms with van der Waals surface area (Å²) < 4.78 is 7.86. The third-order valence-electron chi connectivity index (χ3n) is 6.25. The topological polar surface area (TPSA) is 92.8 Å². The Hall–Kier alpha value is -2.54. The van der Waals surface area contributed by atoms with E-state index in [0.29, 0.717) is 39.0 Å². The minimum absolute atomic E-state index is 0.155. The van der Waals surface area contributed by atoms with E-state index in [9.17, 15) is 10.1 Å². The van der Waals surface area contributed by atoms with Crippen molar-refractivity contribution >= 4 is 45.6 Å². The molecule has 1 atom stereocenters. The number of ether oxygens (including phenoxy) is 1. The summed E-state index contributed by atoms with van der Waals surface area (Å²) in [6, 6.07) is 7.79. The fourth-order valence-corrected chi connectivity index (χ4v) is 6.65. The predicted octanol–water partition coefficient (Wildman–Crippen LogP) is 6.02. The Morgan fingerprint density at radius 3 is 2.94 bits per heavy atom. The van der Waals surface area contributed by atoms with Crippen LogP contribution in [0.3, 0.4) is 0 Å². The molecule has 0 saturated heterocycles. The number of thiophene rings is 1. The summed E-state index contributed by atoms with van der Waals surface area (Å²) >= 11 is 8.90. The normalized spacial score (nSPS) is 14.9. The molecule has 1 unspecified atom stereocenters. The lowest BCUT2D eigenvalue weighted by Crippen LogP contribution is -2.15. The zero-order valence-electron chi connectivity index (χ0n) is 20.1. The van der Waals surface area contributed by atoms with Gasteiger partial charge < -0.3 is 14.6 Å². The van der Waals surface area contributed by atoms with E-state index in [1.54, 1.807) is 17.4 Å². The largest absolute Gasteiger partial charge is 0.485 e. The Bertz CT molecular complexity index is 1260. The molecule has 184 valence electrons. The number of aryl methyl sites for hydroxylation is 1. The minimum Gasteiger partial charge on any atom is -0.485 e. The van der Waals surface area contributed by atoms with Gasteiger partial charge in [-0.3, -0.25) is 4.79 Å². The van der Waals surface area contributed by atoms with Gasteiger partial charge in [0.05, 0.1) is 11.3 Å². The van der Waals surface area contributed by atoms with Crippen molar-refractivity contribution in [1.29, 1.82) is 5.26 Å². The summed E-state index contributed by atoms with van der Waals surface area (Å²) in [5, 5.41) is 23.2. The van der Waals surface area contributed by atoms with Crippen LogP contribution in [-0.4, -0.2) is 26.4 Å². The second-order valence-electron chi connectivity index (χ2n) is 8.52. The lowest BCUT2D eigenvalue weighted by Gasteiger charge is -2.20.